The molecule has 0 radical (unpaired) electrons. The lowest BCUT2D eigenvalue weighted by atomic mass is 9.88. The quantitative estimate of drug-likeness (QED) is 0.508. The number of primary amides is 1. The zero-order chi connectivity index (χ0) is 19.8. The molecule has 148 valence electrons. The molecule has 2 heterocycles. The minimum atomic E-state index is -0.500. The summed E-state index contributed by atoms with van der Waals surface area (Å²) < 4.78 is 0. The van der Waals surface area contributed by atoms with Crippen molar-refractivity contribution in [2.45, 2.75) is 50.6 Å². The predicted molar refractivity (Wildman–Crippen MR) is 110 cm³/mol. The van der Waals surface area contributed by atoms with Crippen LogP contribution >= 0.6 is 23.1 Å². The zero-order valence-electron chi connectivity index (χ0n) is 15.6. The summed E-state index contributed by atoms with van der Waals surface area (Å²) in [6.45, 7) is 2.19. The lowest BCUT2D eigenvalue weighted by Crippen LogP contribution is -2.20. The van der Waals surface area contributed by atoms with E-state index in [1.165, 1.54) is 23.1 Å². The van der Waals surface area contributed by atoms with Crippen LogP contribution in [0, 0.1) is 5.92 Å². The number of nitrogens with one attached hydrogen (secondary N) is 2. The maximum Gasteiger partial charge on any atom is 0.254 e. The monoisotopic (exact) mass is 418 g/mol. The van der Waals surface area contributed by atoms with E-state index in [0.29, 0.717) is 21.6 Å². The summed E-state index contributed by atoms with van der Waals surface area (Å²) >= 11 is 2.63. The third-order valence-electron chi connectivity index (χ3n) is 5.27. The van der Waals surface area contributed by atoms with E-state index in [4.69, 9.17) is 5.73 Å². The molecule has 0 bridgehead atoms. The molecule has 0 aromatic carbocycles. The minimum absolute atomic E-state index is 0.0961. The topological polar surface area (TPSA) is 118 Å². The van der Waals surface area contributed by atoms with Crippen LogP contribution in [-0.4, -0.2) is 27.5 Å². The largest absolute Gasteiger partial charge is 0.365 e. The van der Waals surface area contributed by atoms with Gasteiger partial charge < -0.3 is 16.0 Å². The fourth-order valence-electron chi connectivity index (χ4n) is 3.88. The second-order valence-corrected chi connectivity index (χ2v) is 9.48. The number of aromatic nitrogens is 2. The Kier molecular flexibility index (Phi) is 5.29. The summed E-state index contributed by atoms with van der Waals surface area (Å²) in [5.41, 5.74) is 8.52. The maximum atomic E-state index is 12.5. The fourth-order valence-corrected chi connectivity index (χ4v) is 6.00. The van der Waals surface area contributed by atoms with E-state index in [-0.39, 0.29) is 17.2 Å². The van der Waals surface area contributed by atoms with Gasteiger partial charge in [0.2, 0.25) is 5.91 Å². The molecule has 2 aliphatic rings. The van der Waals surface area contributed by atoms with Gasteiger partial charge in [0.15, 0.2) is 5.16 Å². The first kappa shape index (κ1) is 19.2. The van der Waals surface area contributed by atoms with E-state index < -0.39 is 5.91 Å². The molecule has 0 saturated carbocycles. The number of carbonyl (C=O) groups excluding carboxylic acids is 2. The average molecular weight is 419 g/mol. The smallest absolute Gasteiger partial charge is 0.254 e. The Labute approximate surface area is 170 Å². The van der Waals surface area contributed by atoms with E-state index in [9.17, 15) is 14.4 Å². The highest BCUT2D eigenvalue weighted by Gasteiger charge is 2.27. The molecule has 7 nitrogen and oxygen atoms in total. The second-order valence-electron chi connectivity index (χ2n) is 7.41. The number of nitrogens with two attached hydrogens (primary N) is 1. The Bertz CT molecular complexity index is 1010. The number of amides is 2. The summed E-state index contributed by atoms with van der Waals surface area (Å²) in [6.07, 6.45) is 5.25. The van der Waals surface area contributed by atoms with E-state index in [0.717, 1.165) is 60.2 Å². The van der Waals surface area contributed by atoms with Gasteiger partial charge in [0, 0.05) is 10.4 Å². The van der Waals surface area contributed by atoms with Gasteiger partial charge in [-0.1, -0.05) is 18.7 Å². The van der Waals surface area contributed by atoms with Gasteiger partial charge in [-0.25, -0.2) is 4.98 Å². The molecule has 2 aliphatic carbocycles. The molecule has 4 rings (SSSR count). The molecular weight excluding hydrogens is 396 g/mol. The molecule has 2 aromatic heterocycles. The van der Waals surface area contributed by atoms with Gasteiger partial charge in [-0.3, -0.25) is 14.4 Å². The molecule has 2 aromatic rings. The lowest BCUT2D eigenvalue weighted by molar-refractivity contribution is -0.113. The molecule has 1 unspecified atom stereocenters. The molecule has 9 heteroatoms. The van der Waals surface area contributed by atoms with Gasteiger partial charge in [-0.05, 0) is 50.0 Å². The van der Waals surface area contributed by atoms with Crippen molar-refractivity contribution in [2.24, 2.45) is 11.7 Å². The van der Waals surface area contributed by atoms with Gasteiger partial charge in [-0.15, -0.1) is 11.3 Å². The molecule has 4 N–H and O–H groups in total. The summed E-state index contributed by atoms with van der Waals surface area (Å²) in [5.74, 6) is -0.0885. The van der Waals surface area contributed by atoms with Gasteiger partial charge in [-0.2, -0.15) is 0 Å². The molecule has 2 amide bonds. The van der Waals surface area contributed by atoms with Crippen LogP contribution in [0.15, 0.2) is 9.95 Å². The van der Waals surface area contributed by atoms with Crippen LogP contribution in [0.3, 0.4) is 0 Å². The highest BCUT2D eigenvalue weighted by molar-refractivity contribution is 7.99. The summed E-state index contributed by atoms with van der Waals surface area (Å²) in [5, 5.41) is 3.83. The number of anilines is 1. The first-order chi connectivity index (χ1) is 13.4. The van der Waals surface area contributed by atoms with Crippen molar-refractivity contribution in [1.29, 1.82) is 0 Å². The van der Waals surface area contributed by atoms with E-state index in [1.54, 1.807) is 0 Å². The van der Waals surface area contributed by atoms with E-state index in [2.05, 4.69) is 22.2 Å². The third-order valence-corrected chi connectivity index (χ3v) is 7.31. The first-order valence-corrected chi connectivity index (χ1v) is 11.2. The molecule has 0 fully saturated rings. The number of nitrogens with zero attached hydrogens (tertiary/aromatic N) is 1. The number of aryl methyl sites for hydroxylation is 1. The summed E-state index contributed by atoms with van der Waals surface area (Å²) in [4.78, 5) is 44.8. The van der Waals surface area contributed by atoms with Crippen LogP contribution in [0.2, 0.25) is 0 Å². The van der Waals surface area contributed by atoms with Crippen molar-refractivity contribution in [3.8, 4) is 0 Å². The Balaban J connectivity index is 1.47. The van der Waals surface area contributed by atoms with Crippen molar-refractivity contribution >= 4 is 39.9 Å². The molecule has 0 aliphatic heterocycles. The van der Waals surface area contributed by atoms with E-state index in [1.807, 2.05) is 0 Å². The second kappa shape index (κ2) is 7.71. The van der Waals surface area contributed by atoms with Gasteiger partial charge in [0.05, 0.1) is 17.0 Å². The van der Waals surface area contributed by atoms with Crippen LogP contribution in [-0.2, 0) is 30.5 Å². The van der Waals surface area contributed by atoms with Gasteiger partial charge in [0.25, 0.3) is 11.5 Å². The number of fused-ring (bicyclic) bond motifs is 2. The van der Waals surface area contributed by atoms with Gasteiger partial charge >= 0.3 is 0 Å². The maximum absolute atomic E-state index is 12.5. The number of carbonyl (C=O) groups is 2. The number of hydrogen-bond donors (Lipinski definition) is 3. The lowest BCUT2D eigenvalue weighted by Gasteiger charge is -2.18. The van der Waals surface area contributed by atoms with Crippen molar-refractivity contribution in [3.05, 3.63) is 37.6 Å². The zero-order valence-corrected chi connectivity index (χ0v) is 17.2. The van der Waals surface area contributed by atoms with E-state index >= 15 is 0 Å². The highest BCUT2D eigenvalue weighted by atomic mass is 32.2. The van der Waals surface area contributed by atoms with Crippen LogP contribution < -0.4 is 16.6 Å². The third kappa shape index (κ3) is 3.73. The number of rotatable bonds is 5. The van der Waals surface area contributed by atoms with Crippen molar-refractivity contribution in [1.82, 2.24) is 9.97 Å². The molecule has 0 saturated heterocycles. The molecule has 0 spiro atoms. The molecular formula is C19H22N4O3S2. The van der Waals surface area contributed by atoms with Gasteiger partial charge in [0.1, 0.15) is 5.00 Å². The predicted octanol–water partition coefficient (Wildman–Crippen LogP) is 2.27. The molecule has 28 heavy (non-hydrogen) atoms. The minimum Gasteiger partial charge on any atom is -0.365 e. The summed E-state index contributed by atoms with van der Waals surface area (Å²) in [7, 11) is 0. The Morgan fingerprint density at radius 1 is 1.32 bits per heavy atom. The summed E-state index contributed by atoms with van der Waals surface area (Å²) in [6, 6.07) is 0. The van der Waals surface area contributed by atoms with Crippen LogP contribution in [0.25, 0.3) is 0 Å². The van der Waals surface area contributed by atoms with Crippen molar-refractivity contribution in [2.75, 3.05) is 11.1 Å². The van der Waals surface area contributed by atoms with Crippen molar-refractivity contribution < 1.29 is 9.59 Å². The first-order valence-electron chi connectivity index (χ1n) is 9.41. The highest BCUT2D eigenvalue weighted by Crippen LogP contribution is 2.39. The number of thioether (sulfide) groups is 1. The normalized spacial score (nSPS) is 17.8. The number of aromatic amines is 1. The number of H-pyrrole nitrogens is 1. The Morgan fingerprint density at radius 3 is 2.93 bits per heavy atom. The fraction of sp³-hybridized carbons (Fsp3) is 0.474. The molecule has 1 atom stereocenters. The average Bonchev–Trinajstić information content (AvgIpc) is 3.23. The Hall–Kier alpha value is -2.13. The number of hydrogen-bond acceptors (Lipinski definition) is 6. The Morgan fingerprint density at radius 2 is 2.14 bits per heavy atom. The van der Waals surface area contributed by atoms with Crippen LogP contribution in [0.1, 0.15) is 51.8 Å². The number of thiophene rings is 1. The standard InChI is InChI=1S/C19H22N4O3S2/c1-9-5-6-11-13(7-9)28-18(15(11)16(20)25)22-14(24)8-27-19-21-12-4-2-3-10(12)17(26)23-19/h9H,2-8H2,1H3,(H2,20,25)(H,22,24)(H,21,23,26). The van der Waals surface area contributed by atoms with Crippen molar-refractivity contribution in [3.63, 3.8) is 0 Å². The van der Waals surface area contributed by atoms with Crippen LogP contribution in [0.5, 0.6) is 0 Å². The SMILES string of the molecule is CC1CCc2c(sc(NC(=O)CSc3nc4c(c(=O)[nH]3)CCC4)c2C(N)=O)C1. The van der Waals surface area contributed by atoms with Crippen LogP contribution in [0.4, 0.5) is 5.00 Å².